The van der Waals surface area contributed by atoms with E-state index in [1.807, 2.05) is 6.07 Å². The highest BCUT2D eigenvalue weighted by molar-refractivity contribution is 5.90. The lowest BCUT2D eigenvalue weighted by molar-refractivity contribution is 0.251. The minimum Gasteiger partial charge on any atom is -0.504 e. The minimum atomic E-state index is -0.604. The van der Waals surface area contributed by atoms with Gasteiger partial charge in [-0.15, -0.1) is 0 Å². The molecule has 0 spiro atoms. The lowest BCUT2D eigenvalue weighted by Gasteiger charge is -2.07. The topological polar surface area (TPSA) is 90.4 Å². The molecule has 0 unspecified atom stereocenters. The van der Waals surface area contributed by atoms with Crippen LogP contribution >= 0.6 is 0 Å². The summed E-state index contributed by atoms with van der Waals surface area (Å²) in [5.74, 6) is 0.452. The number of carbonyl (C=O) groups excluding carboxylic acids is 1. The van der Waals surface area contributed by atoms with E-state index in [9.17, 15) is 9.90 Å². The summed E-state index contributed by atoms with van der Waals surface area (Å²) in [6, 6.07) is 9.20. The first-order chi connectivity index (χ1) is 10.1. The minimum absolute atomic E-state index is 0.0710. The summed E-state index contributed by atoms with van der Waals surface area (Å²) in [4.78, 5) is 15.5. The van der Waals surface area contributed by atoms with Gasteiger partial charge in [0.25, 0.3) is 0 Å². The molecule has 0 aliphatic heterocycles. The molecule has 3 N–H and O–H groups in total. The number of benzene rings is 1. The van der Waals surface area contributed by atoms with E-state index >= 15 is 0 Å². The fraction of sp³-hybridized carbons (Fsp3) is 0.0667. The highest BCUT2D eigenvalue weighted by atomic mass is 16.5. The maximum absolute atomic E-state index is 11.2. The van der Waals surface area contributed by atoms with E-state index < -0.39 is 6.03 Å². The molecule has 0 fully saturated rings. The smallest absolute Gasteiger partial charge is 0.324 e. The number of phenols is 1. The molecule has 0 aliphatic rings. The van der Waals surface area contributed by atoms with Crippen LogP contribution in [0.1, 0.15) is 0 Å². The van der Waals surface area contributed by atoms with Gasteiger partial charge in [-0.1, -0.05) is 6.07 Å². The average Bonchev–Trinajstić information content (AvgIpc) is 2.91. The van der Waals surface area contributed by atoms with Gasteiger partial charge in [-0.05, 0) is 23.8 Å². The third-order valence-corrected chi connectivity index (χ3v) is 3.19. The van der Waals surface area contributed by atoms with E-state index in [0.29, 0.717) is 16.8 Å². The first-order valence-electron chi connectivity index (χ1n) is 6.16. The first kappa shape index (κ1) is 13.0. The number of ether oxygens (including phenoxy) is 1. The van der Waals surface area contributed by atoms with E-state index in [-0.39, 0.29) is 5.75 Å². The molecule has 0 saturated carbocycles. The van der Waals surface area contributed by atoms with E-state index in [0.717, 1.165) is 11.1 Å². The highest BCUT2D eigenvalue weighted by Gasteiger charge is 2.10. The molecular weight excluding hydrogens is 270 g/mol. The number of hydrogen-bond donors (Lipinski definition) is 2. The Hall–Kier alpha value is -3.02. The van der Waals surface area contributed by atoms with Crippen LogP contribution in [0.5, 0.6) is 11.5 Å². The molecule has 6 heteroatoms. The summed E-state index contributed by atoms with van der Waals surface area (Å²) in [6.45, 7) is 0. The molecule has 0 bridgehead atoms. The summed E-state index contributed by atoms with van der Waals surface area (Å²) in [5, 5.41) is 10.3. The zero-order valence-electron chi connectivity index (χ0n) is 11.2. The number of phenolic OH excluding ortho intramolecular Hbond substituents is 1. The summed E-state index contributed by atoms with van der Waals surface area (Å²) in [7, 11) is 1.49. The molecule has 2 heterocycles. The molecule has 6 nitrogen and oxygen atoms in total. The van der Waals surface area contributed by atoms with Crippen LogP contribution in [-0.4, -0.2) is 27.8 Å². The van der Waals surface area contributed by atoms with Crippen LogP contribution in [0.3, 0.4) is 0 Å². The van der Waals surface area contributed by atoms with Crippen molar-refractivity contribution >= 4 is 17.1 Å². The van der Waals surface area contributed by atoms with E-state index in [4.69, 9.17) is 10.5 Å². The van der Waals surface area contributed by atoms with Gasteiger partial charge >= 0.3 is 6.03 Å². The first-order valence-corrected chi connectivity index (χ1v) is 6.16. The molecule has 1 aromatic carbocycles. The molecule has 3 rings (SSSR count). The third kappa shape index (κ3) is 2.16. The van der Waals surface area contributed by atoms with Gasteiger partial charge in [0.1, 0.15) is 5.65 Å². The Labute approximate surface area is 120 Å². The lowest BCUT2D eigenvalue weighted by Crippen LogP contribution is -2.18. The number of pyridine rings is 1. The predicted molar refractivity (Wildman–Crippen MR) is 77.2 cm³/mol. The van der Waals surface area contributed by atoms with Gasteiger partial charge in [0.05, 0.1) is 7.11 Å². The van der Waals surface area contributed by atoms with E-state index in [2.05, 4.69) is 11.1 Å². The lowest BCUT2D eigenvalue weighted by atomic mass is 10.1. The Morgan fingerprint density at radius 1 is 1.38 bits per heavy atom. The van der Waals surface area contributed by atoms with Crippen molar-refractivity contribution in [3.05, 3.63) is 42.7 Å². The number of nitrogens with zero attached hydrogens (tertiary/aromatic N) is 2. The quantitative estimate of drug-likeness (QED) is 0.753. The molecule has 1 radical (unpaired) electrons. The maximum Gasteiger partial charge on any atom is 0.324 e. The number of hydrogen-bond acceptors (Lipinski definition) is 4. The van der Waals surface area contributed by atoms with Crippen LogP contribution in [0, 0.1) is 6.07 Å². The molecular formula is C15H12N3O3. The summed E-state index contributed by atoms with van der Waals surface area (Å²) in [6.07, 6.45) is 3.09. The van der Waals surface area contributed by atoms with Crippen molar-refractivity contribution < 1.29 is 14.6 Å². The second-order valence-corrected chi connectivity index (χ2v) is 4.46. The number of nitrogens with two attached hydrogens (primary N) is 1. The molecule has 0 aliphatic carbocycles. The van der Waals surface area contributed by atoms with Crippen molar-refractivity contribution in [3.8, 4) is 22.6 Å². The standard InChI is InChI=1S/C15H12N3O3/c1-21-13-7-9(2-3-12(13)19)11-6-10-4-5-18(15(16)20)14(10)17-8-11/h2-3,5-8,19H,1H3,(H2,16,20). The second kappa shape index (κ2) is 4.82. The zero-order valence-corrected chi connectivity index (χ0v) is 11.2. The molecule has 21 heavy (non-hydrogen) atoms. The monoisotopic (exact) mass is 282 g/mol. The van der Waals surface area contributed by atoms with Crippen LogP contribution in [0.2, 0.25) is 0 Å². The number of fused-ring (bicyclic) bond motifs is 1. The van der Waals surface area contributed by atoms with Crippen LogP contribution in [0.4, 0.5) is 4.79 Å². The van der Waals surface area contributed by atoms with Crippen molar-refractivity contribution in [2.45, 2.75) is 0 Å². The number of amides is 1. The number of aromatic hydroxyl groups is 1. The van der Waals surface area contributed by atoms with Crippen molar-refractivity contribution in [1.29, 1.82) is 0 Å². The van der Waals surface area contributed by atoms with Crippen LogP contribution in [0.15, 0.2) is 36.7 Å². The highest BCUT2D eigenvalue weighted by Crippen LogP contribution is 2.32. The molecule has 0 saturated heterocycles. The molecule has 1 amide bonds. The van der Waals surface area contributed by atoms with Gasteiger partial charge in [-0.2, -0.15) is 0 Å². The number of methoxy groups -OCH3 is 1. The fourth-order valence-electron chi connectivity index (χ4n) is 2.13. The summed E-state index contributed by atoms with van der Waals surface area (Å²) < 4.78 is 6.32. The summed E-state index contributed by atoms with van der Waals surface area (Å²) >= 11 is 0. The normalized spacial score (nSPS) is 10.7. The number of carbonyl (C=O) groups is 1. The molecule has 3 aromatic rings. The summed E-state index contributed by atoms with van der Waals surface area (Å²) in [5.41, 5.74) is 7.35. The second-order valence-electron chi connectivity index (χ2n) is 4.46. The maximum atomic E-state index is 11.2. The SMILES string of the molecule is COc1cc(-c2cnc3c([c]cn3C(N)=O)c2)ccc1O. The number of rotatable bonds is 2. The van der Waals surface area contributed by atoms with Gasteiger partial charge in [0.15, 0.2) is 11.5 Å². The Kier molecular flexibility index (Phi) is 2.98. The molecule has 0 atom stereocenters. The predicted octanol–water partition coefficient (Wildman–Crippen LogP) is 2.14. The molecule has 105 valence electrons. The Morgan fingerprint density at radius 2 is 2.19 bits per heavy atom. The van der Waals surface area contributed by atoms with Crippen molar-refractivity contribution in [2.75, 3.05) is 7.11 Å². The van der Waals surface area contributed by atoms with Crippen molar-refractivity contribution in [3.63, 3.8) is 0 Å². The average molecular weight is 282 g/mol. The van der Waals surface area contributed by atoms with Crippen molar-refractivity contribution in [2.24, 2.45) is 5.73 Å². The van der Waals surface area contributed by atoms with Crippen LogP contribution in [0.25, 0.3) is 22.2 Å². The Bertz CT molecular complexity index is 839. The Balaban J connectivity index is 2.11. The van der Waals surface area contributed by atoms with Crippen LogP contribution < -0.4 is 10.5 Å². The van der Waals surface area contributed by atoms with Gasteiger partial charge in [-0.3, -0.25) is 4.57 Å². The van der Waals surface area contributed by atoms with Crippen molar-refractivity contribution in [1.82, 2.24) is 9.55 Å². The third-order valence-electron chi connectivity index (χ3n) is 3.19. The number of aromatic nitrogens is 2. The van der Waals surface area contributed by atoms with E-state index in [1.54, 1.807) is 24.4 Å². The van der Waals surface area contributed by atoms with Gasteiger partial charge < -0.3 is 15.6 Å². The fourth-order valence-corrected chi connectivity index (χ4v) is 2.13. The zero-order chi connectivity index (χ0) is 15.0. The van der Waals surface area contributed by atoms with Gasteiger partial charge in [0.2, 0.25) is 0 Å². The van der Waals surface area contributed by atoms with E-state index in [1.165, 1.54) is 17.9 Å². The molecule has 2 aromatic heterocycles. The Morgan fingerprint density at radius 3 is 2.90 bits per heavy atom. The van der Waals surface area contributed by atoms with Crippen LogP contribution in [-0.2, 0) is 0 Å². The number of primary amides is 1. The van der Waals surface area contributed by atoms with Gasteiger partial charge in [-0.25, -0.2) is 9.78 Å². The largest absolute Gasteiger partial charge is 0.504 e. The van der Waals surface area contributed by atoms with Gasteiger partial charge in [0, 0.05) is 29.4 Å².